The Hall–Kier alpha value is -1.12. The Labute approximate surface area is 94.6 Å². The third kappa shape index (κ3) is 2.67. The highest BCUT2D eigenvalue weighted by molar-refractivity contribution is 7.07. The van der Waals surface area contributed by atoms with Gasteiger partial charge >= 0.3 is 0 Å². The van der Waals surface area contributed by atoms with Crippen molar-refractivity contribution in [3.8, 4) is 0 Å². The molecular weight excluding hydrogens is 202 g/mol. The van der Waals surface area contributed by atoms with Gasteiger partial charge < -0.3 is 5.73 Å². The van der Waals surface area contributed by atoms with Crippen molar-refractivity contribution in [2.75, 3.05) is 6.54 Å². The summed E-state index contributed by atoms with van der Waals surface area (Å²) in [5.74, 6) is 0.445. The number of hydrogen-bond acceptors (Lipinski definition) is 2. The van der Waals surface area contributed by atoms with E-state index in [0.29, 0.717) is 12.5 Å². The van der Waals surface area contributed by atoms with Crippen molar-refractivity contribution in [2.45, 2.75) is 12.3 Å². The molecule has 2 rings (SSSR count). The maximum atomic E-state index is 5.82. The van der Waals surface area contributed by atoms with Crippen molar-refractivity contribution >= 4 is 11.3 Å². The van der Waals surface area contributed by atoms with E-state index in [-0.39, 0.29) is 0 Å². The van der Waals surface area contributed by atoms with E-state index in [1.54, 1.807) is 11.3 Å². The van der Waals surface area contributed by atoms with E-state index in [1.807, 2.05) is 6.07 Å². The lowest BCUT2D eigenvalue weighted by Gasteiger charge is -2.14. The van der Waals surface area contributed by atoms with Crippen LogP contribution in [0.25, 0.3) is 0 Å². The molecule has 2 heteroatoms. The van der Waals surface area contributed by atoms with Gasteiger partial charge in [-0.15, -0.1) is 0 Å². The van der Waals surface area contributed by atoms with Gasteiger partial charge in [0.15, 0.2) is 0 Å². The van der Waals surface area contributed by atoms with Crippen LogP contribution in [-0.4, -0.2) is 6.54 Å². The molecule has 1 unspecified atom stereocenters. The average molecular weight is 217 g/mol. The third-order valence-electron chi connectivity index (χ3n) is 2.62. The van der Waals surface area contributed by atoms with Gasteiger partial charge in [0.1, 0.15) is 0 Å². The fraction of sp³-hybridized carbons (Fsp3) is 0.231. The Morgan fingerprint density at radius 2 is 1.93 bits per heavy atom. The molecule has 1 atom stereocenters. The molecule has 2 aromatic rings. The summed E-state index contributed by atoms with van der Waals surface area (Å²) >= 11 is 1.75. The standard InChI is InChI=1S/C13H15NS/c14-9-13(8-11-6-7-15-10-11)12-4-2-1-3-5-12/h1-7,10,13H,8-9,14H2. The Bertz CT molecular complexity index is 380. The first kappa shape index (κ1) is 10.4. The Morgan fingerprint density at radius 3 is 2.53 bits per heavy atom. The Morgan fingerprint density at radius 1 is 1.13 bits per heavy atom. The van der Waals surface area contributed by atoms with Crippen molar-refractivity contribution in [3.63, 3.8) is 0 Å². The molecule has 0 aliphatic heterocycles. The van der Waals surface area contributed by atoms with E-state index in [9.17, 15) is 0 Å². The number of rotatable bonds is 4. The largest absolute Gasteiger partial charge is 0.330 e. The van der Waals surface area contributed by atoms with Gasteiger partial charge in [0.25, 0.3) is 0 Å². The molecule has 0 saturated carbocycles. The van der Waals surface area contributed by atoms with Gasteiger partial charge in [0.05, 0.1) is 0 Å². The van der Waals surface area contributed by atoms with Crippen LogP contribution in [0.15, 0.2) is 47.2 Å². The highest BCUT2D eigenvalue weighted by Crippen LogP contribution is 2.20. The second-order valence-corrected chi connectivity index (χ2v) is 4.46. The molecule has 78 valence electrons. The quantitative estimate of drug-likeness (QED) is 0.837. The van der Waals surface area contributed by atoms with Crippen LogP contribution < -0.4 is 5.73 Å². The Balaban J connectivity index is 2.12. The molecule has 15 heavy (non-hydrogen) atoms. The molecule has 0 spiro atoms. The lowest BCUT2D eigenvalue weighted by molar-refractivity contribution is 0.696. The number of benzene rings is 1. The molecule has 0 aliphatic carbocycles. The molecule has 0 aliphatic rings. The van der Waals surface area contributed by atoms with E-state index >= 15 is 0 Å². The minimum Gasteiger partial charge on any atom is -0.330 e. The van der Waals surface area contributed by atoms with Crippen molar-refractivity contribution in [1.29, 1.82) is 0 Å². The van der Waals surface area contributed by atoms with Crippen molar-refractivity contribution in [2.24, 2.45) is 5.73 Å². The molecule has 0 bridgehead atoms. The zero-order valence-corrected chi connectivity index (χ0v) is 9.41. The van der Waals surface area contributed by atoms with E-state index in [0.717, 1.165) is 6.42 Å². The minimum absolute atomic E-state index is 0.445. The summed E-state index contributed by atoms with van der Waals surface area (Å²) in [7, 11) is 0. The SMILES string of the molecule is NCC(Cc1ccsc1)c1ccccc1. The molecular formula is C13H15NS. The molecule has 1 heterocycles. The second kappa shape index (κ2) is 5.10. The number of hydrogen-bond donors (Lipinski definition) is 1. The van der Waals surface area contributed by atoms with Crippen LogP contribution in [-0.2, 0) is 6.42 Å². The first-order chi connectivity index (χ1) is 7.40. The van der Waals surface area contributed by atoms with Gasteiger partial charge in [0.2, 0.25) is 0 Å². The first-order valence-electron chi connectivity index (χ1n) is 5.16. The maximum Gasteiger partial charge on any atom is 0.000186 e. The summed E-state index contributed by atoms with van der Waals surface area (Å²) in [4.78, 5) is 0. The van der Waals surface area contributed by atoms with Crippen molar-refractivity contribution in [1.82, 2.24) is 0 Å². The van der Waals surface area contributed by atoms with E-state index in [1.165, 1.54) is 11.1 Å². The molecule has 1 aromatic carbocycles. The number of thiophene rings is 1. The minimum atomic E-state index is 0.445. The van der Waals surface area contributed by atoms with Crippen LogP contribution in [0, 0.1) is 0 Å². The van der Waals surface area contributed by atoms with E-state index < -0.39 is 0 Å². The first-order valence-corrected chi connectivity index (χ1v) is 6.10. The van der Waals surface area contributed by atoms with Crippen LogP contribution in [0.5, 0.6) is 0 Å². The van der Waals surface area contributed by atoms with E-state index in [4.69, 9.17) is 5.73 Å². The van der Waals surface area contributed by atoms with Crippen LogP contribution >= 0.6 is 11.3 Å². The monoisotopic (exact) mass is 217 g/mol. The molecule has 0 radical (unpaired) electrons. The fourth-order valence-electron chi connectivity index (χ4n) is 1.76. The predicted molar refractivity (Wildman–Crippen MR) is 66.3 cm³/mol. The van der Waals surface area contributed by atoms with Crippen molar-refractivity contribution in [3.05, 3.63) is 58.3 Å². The van der Waals surface area contributed by atoms with Crippen molar-refractivity contribution < 1.29 is 0 Å². The molecule has 2 N–H and O–H groups in total. The second-order valence-electron chi connectivity index (χ2n) is 3.68. The van der Waals surface area contributed by atoms with Gasteiger partial charge in [0, 0.05) is 5.92 Å². The van der Waals surface area contributed by atoms with Gasteiger partial charge in [-0.25, -0.2) is 0 Å². The van der Waals surface area contributed by atoms with Crippen LogP contribution in [0.1, 0.15) is 17.0 Å². The molecule has 0 saturated heterocycles. The lowest BCUT2D eigenvalue weighted by Crippen LogP contribution is -2.14. The normalized spacial score (nSPS) is 12.6. The predicted octanol–water partition coefficient (Wildman–Crippen LogP) is 3.03. The topological polar surface area (TPSA) is 26.0 Å². The zero-order chi connectivity index (χ0) is 10.5. The smallest absolute Gasteiger partial charge is 0.000186 e. The van der Waals surface area contributed by atoms with Gasteiger partial charge in [-0.3, -0.25) is 0 Å². The Kier molecular flexibility index (Phi) is 3.54. The molecule has 0 fully saturated rings. The van der Waals surface area contributed by atoms with E-state index in [2.05, 4.69) is 41.1 Å². The molecule has 1 nitrogen and oxygen atoms in total. The lowest BCUT2D eigenvalue weighted by atomic mass is 9.93. The van der Waals surface area contributed by atoms with Gasteiger partial charge in [-0.05, 0) is 40.9 Å². The summed E-state index contributed by atoms with van der Waals surface area (Å²) in [6.45, 7) is 0.708. The van der Waals surface area contributed by atoms with Gasteiger partial charge in [-0.2, -0.15) is 11.3 Å². The fourth-order valence-corrected chi connectivity index (χ4v) is 2.44. The van der Waals surface area contributed by atoms with Crippen LogP contribution in [0.4, 0.5) is 0 Å². The average Bonchev–Trinajstić information content (AvgIpc) is 2.80. The summed E-state index contributed by atoms with van der Waals surface area (Å²) in [6, 6.07) is 12.7. The summed E-state index contributed by atoms with van der Waals surface area (Å²) < 4.78 is 0. The zero-order valence-electron chi connectivity index (χ0n) is 8.60. The highest BCUT2D eigenvalue weighted by Gasteiger charge is 2.09. The maximum absolute atomic E-state index is 5.82. The van der Waals surface area contributed by atoms with Gasteiger partial charge in [-0.1, -0.05) is 30.3 Å². The molecule has 0 amide bonds. The summed E-state index contributed by atoms with van der Waals surface area (Å²) in [5, 5.41) is 4.32. The van der Waals surface area contributed by atoms with Crippen LogP contribution in [0.2, 0.25) is 0 Å². The molecule has 1 aromatic heterocycles. The third-order valence-corrected chi connectivity index (χ3v) is 3.35. The number of nitrogens with two attached hydrogens (primary N) is 1. The van der Waals surface area contributed by atoms with Crippen LogP contribution in [0.3, 0.4) is 0 Å². The highest BCUT2D eigenvalue weighted by atomic mass is 32.1. The summed E-state index contributed by atoms with van der Waals surface area (Å²) in [6.07, 6.45) is 1.05. The summed E-state index contributed by atoms with van der Waals surface area (Å²) in [5.41, 5.74) is 8.55.